The second kappa shape index (κ2) is 16.2. The zero-order chi connectivity index (χ0) is 28.0. The predicted octanol–water partition coefficient (Wildman–Crippen LogP) is 7.25. The Hall–Kier alpha value is -3.04. The molecule has 0 radical (unpaired) electrons. The van der Waals surface area contributed by atoms with E-state index in [-0.39, 0.29) is 0 Å². The van der Waals surface area contributed by atoms with Crippen LogP contribution in [0.25, 0.3) is 22.4 Å². The van der Waals surface area contributed by atoms with Crippen LogP contribution in [0.4, 0.5) is 0 Å². The van der Waals surface area contributed by atoms with Gasteiger partial charge in [0.25, 0.3) is 0 Å². The first-order chi connectivity index (χ1) is 18.9. The Bertz CT molecular complexity index is 1420. The molecule has 39 heavy (non-hydrogen) atoms. The maximum absolute atomic E-state index is 8.58. The third-order valence-electron chi connectivity index (χ3n) is 5.90. The molecule has 4 nitrogen and oxygen atoms in total. The summed E-state index contributed by atoms with van der Waals surface area (Å²) in [6.07, 6.45) is 5.81. The van der Waals surface area contributed by atoms with Gasteiger partial charge in [-0.3, -0.25) is 4.98 Å². The van der Waals surface area contributed by atoms with Gasteiger partial charge in [0.05, 0.1) is 5.69 Å². The second-order valence-corrected chi connectivity index (χ2v) is 10.1. The average molecular weight is 649 g/mol. The average Bonchev–Trinajstić information content (AvgIpc) is 3.00. The van der Waals surface area contributed by atoms with Crippen LogP contribution < -0.4 is 5.46 Å². The molecule has 5 aromatic rings. The van der Waals surface area contributed by atoms with E-state index in [0.717, 1.165) is 18.5 Å². The molecule has 0 saturated carbocycles. The van der Waals surface area contributed by atoms with E-state index in [0.29, 0.717) is 10.6 Å². The highest BCUT2D eigenvalue weighted by Crippen LogP contribution is 2.27. The van der Waals surface area contributed by atoms with Crippen LogP contribution in [0.3, 0.4) is 0 Å². The monoisotopic (exact) mass is 648 g/mol. The number of hydrogen-bond donors (Lipinski definition) is 2. The van der Waals surface area contributed by atoms with E-state index in [1.54, 1.807) is 30.5 Å². The standard InChI is InChI=1S/C19H17N.C7H7ClIN.C6H7BO2/c1-2-15-13-19(17-11-7-4-8-12-17)20-14-18(15)16-9-5-3-6-10-16;1-2-5-3-7(8)10-4-6(5)9;8-7(9)6-4-2-1-3-5-6/h3-14H,2H2,1H3;3-4H,2H2,1H3;1-5,8-9H. The summed E-state index contributed by atoms with van der Waals surface area (Å²) >= 11 is 7.94. The number of hydrogen-bond acceptors (Lipinski definition) is 4. The lowest BCUT2D eigenvalue weighted by atomic mass is 9.81. The summed E-state index contributed by atoms with van der Waals surface area (Å²) in [5.41, 5.74) is 7.80. The maximum atomic E-state index is 8.58. The maximum Gasteiger partial charge on any atom is 0.488 e. The van der Waals surface area contributed by atoms with Crippen LogP contribution in [-0.2, 0) is 12.8 Å². The fourth-order valence-electron chi connectivity index (χ4n) is 3.78. The van der Waals surface area contributed by atoms with Crippen LogP contribution >= 0.6 is 34.2 Å². The molecule has 0 atom stereocenters. The Kier molecular flexibility index (Phi) is 12.6. The summed E-state index contributed by atoms with van der Waals surface area (Å²) < 4.78 is 1.18. The number of benzene rings is 3. The van der Waals surface area contributed by atoms with E-state index in [1.807, 2.05) is 42.6 Å². The minimum absolute atomic E-state index is 0.525. The number of halogens is 2. The van der Waals surface area contributed by atoms with Gasteiger partial charge in [0, 0.05) is 27.1 Å². The Labute approximate surface area is 250 Å². The number of pyridine rings is 2. The molecule has 198 valence electrons. The van der Waals surface area contributed by atoms with Gasteiger partial charge in [0.1, 0.15) is 5.15 Å². The van der Waals surface area contributed by atoms with Gasteiger partial charge in [-0.25, -0.2) is 4.98 Å². The highest BCUT2D eigenvalue weighted by Gasteiger charge is 2.08. The summed E-state index contributed by atoms with van der Waals surface area (Å²) in [6, 6.07) is 33.6. The van der Waals surface area contributed by atoms with E-state index < -0.39 is 7.12 Å². The van der Waals surface area contributed by atoms with Crippen LogP contribution in [0.5, 0.6) is 0 Å². The largest absolute Gasteiger partial charge is 0.488 e. The van der Waals surface area contributed by atoms with E-state index in [4.69, 9.17) is 21.6 Å². The molecule has 0 bridgehead atoms. The van der Waals surface area contributed by atoms with Crippen LogP contribution in [-0.4, -0.2) is 27.1 Å². The first kappa shape index (κ1) is 30.5. The summed E-state index contributed by atoms with van der Waals surface area (Å²) in [5.74, 6) is 0. The summed E-state index contributed by atoms with van der Waals surface area (Å²) in [5, 5.41) is 17.7. The van der Waals surface area contributed by atoms with E-state index in [9.17, 15) is 0 Å². The normalized spacial score (nSPS) is 10.0. The molecule has 0 amide bonds. The number of aryl methyl sites for hydroxylation is 2. The van der Waals surface area contributed by atoms with Crippen molar-refractivity contribution >= 4 is 46.8 Å². The Balaban J connectivity index is 0.000000185. The van der Waals surface area contributed by atoms with Crippen molar-refractivity contribution in [2.75, 3.05) is 0 Å². The Morgan fingerprint density at radius 3 is 1.72 bits per heavy atom. The van der Waals surface area contributed by atoms with Crippen molar-refractivity contribution in [1.29, 1.82) is 0 Å². The minimum atomic E-state index is -1.34. The molecule has 0 aliphatic heterocycles. The molecule has 0 aliphatic rings. The second-order valence-electron chi connectivity index (χ2n) is 8.55. The topological polar surface area (TPSA) is 66.2 Å². The smallest absolute Gasteiger partial charge is 0.423 e. The highest BCUT2D eigenvalue weighted by molar-refractivity contribution is 14.1. The van der Waals surface area contributed by atoms with Crippen molar-refractivity contribution < 1.29 is 10.0 Å². The van der Waals surface area contributed by atoms with Crippen molar-refractivity contribution in [1.82, 2.24) is 9.97 Å². The Morgan fingerprint density at radius 2 is 1.23 bits per heavy atom. The number of aromatic nitrogens is 2. The van der Waals surface area contributed by atoms with Gasteiger partial charge in [-0.15, -0.1) is 0 Å². The van der Waals surface area contributed by atoms with Crippen molar-refractivity contribution in [3.8, 4) is 22.4 Å². The molecule has 0 aliphatic carbocycles. The molecular formula is C32H31BClIN2O2. The SMILES string of the molecule is CCc1cc(-c2ccccc2)ncc1-c1ccccc1.CCc1cc(Cl)ncc1I.OB(O)c1ccccc1. The molecule has 2 N–H and O–H groups in total. The van der Waals surface area contributed by atoms with Crippen LogP contribution in [0.1, 0.15) is 25.0 Å². The molecule has 2 aromatic heterocycles. The van der Waals surface area contributed by atoms with Crippen molar-refractivity contribution in [2.24, 2.45) is 0 Å². The van der Waals surface area contributed by atoms with Gasteiger partial charge in [-0.1, -0.05) is 116 Å². The molecule has 5 rings (SSSR count). The molecule has 7 heteroatoms. The summed E-state index contributed by atoms with van der Waals surface area (Å²) in [7, 11) is -1.34. The molecule has 0 fully saturated rings. The van der Waals surface area contributed by atoms with E-state index >= 15 is 0 Å². The zero-order valence-electron chi connectivity index (χ0n) is 22.0. The fraction of sp³-hybridized carbons (Fsp3) is 0.125. The van der Waals surface area contributed by atoms with E-state index in [2.05, 4.69) is 88.9 Å². The minimum Gasteiger partial charge on any atom is -0.423 e. The number of rotatable bonds is 5. The predicted molar refractivity (Wildman–Crippen MR) is 172 cm³/mol. The summed E-state index contributed by atoms with van der Waals surface area (Å²) in [6.45, 7) is 4.30. The third-order valence-corrected chi connectivity index (χ3v) is 7.08. The van der Waals surface area contributed by atoms with Crippen molar-refractivity contribution in [2.45, 2.75) is 26.7 Å². The van der Waals surface area contributed by atoms with Crippen molar-refractivity contribution in [3.63, 3.8) is 0 Å². The highest BCUT2D eigenvalue weighted by atomic mass is 127. The molecule has 0 spiro atoms. The lowest BCUT2D eigenvalue weighted by Crippen LogP contribution is -2.29. The van der Waals surface area contributed by atoms with Crippen LogP contribution in [0.2, 0.25) is 5.15 Å². The molecule has 3 aromatic carbocycles. The lowest BCUT2D eigenvalue weighted by molar-refractivity contribution is 0.426. The molecule has 0 unspecified atom stereocenters. The van der Waals surface area contributed by atoms with Gasteiger partial charge < -0.3 is 10.0 Å². The summed E-state index contributed by atoms with van der Waals surface area (Å²) in [4.78, 5) is 8.58. The molecular weight excluding hydrogens is 618 g/mol. The van der Waals surface area contributed by atoms with Crippen LogP contribution in [0.15, 0.2) is 116 Å². The van der Waals surface area contributed by atoms with Gasteiger partial charge in [0.15, 0.2) is 0 Å². The number of nitrogens with zero attached hydrogens (tertiary/aromatic N) is 2. The molecule has 0 saturated heterocycles. The van der Waals surface area contributed by atoms with Gasteiger partial charge in [-0.05, 0) is 69.7 Å². The quantitative estimate of drug-likeness (QED) is 0.120. The van der Waals surface area contributed by atoms with Gasteiger partial charge in [0.2, 0.25) is 0 Å². The van der Waals surface area contributed by atoms with E-state index in [1.165, 1.54) is 31.4 Å². The molecule has 2 heterocycles. The first-order valence-corrected chi connectivity index (χ1v) is 14.2. The van der Waals surface area contributed by atoms with Crippen molar-refractivity contribution in [3.05, 3.63) is 135 Å². The Morgan fingerprint density at radius 1 is 0.692 bits per heavy atom. The van der Waals surface area contributed by atoms with Gasteiger partial charge in [-0.2, -0.15) is 0 Å². The fourth-order valence-corrected chi connectivity index (χ4v) is 4.64. The van der Waals surface area contributed by atoms with Crippen LogP contribution in [0, 0.1) is 3.57 Å². The zero-order valence-corrected chi connectivity index (χ0v) is 24.9. The van der Waals surface area contributed by atoms with Gasteiger partial charge >= 0.3 is 7.12 Å². The first-order valence-electron chi connectivity index (χ1n) is 12.7. The third kappa shape index (κ3) is 9.58. The lowest BCUT2D eigenvalue weighted by Gasteiger charge is -2.10.